The van der Waals surface area contributed by atoms with Crippen molar-refractivity contribution in [2.24, 2.45) is 0 Å². The van der Waals surface area contributed by atoms with E-state index in [-0.39, 0.29) is 23.2 Å². The molecule has 1 aromatic carbocycles. The van der Waals surface area contributed by atoms with Crippen molar-refractivity contribution in [1.82, 2.24) is 5.32 Å². The molecule has 0 spiro atoms. The molecule has 1 heterocycles. The van der Waals surface area contributed by atoms with Crippen LogP contribution in [0, 0.1) is 5.82 Å². The zero-order chi connectivity index (χ0) is 9.26. The second kappa shape index (κ2) is 4.96. The third-order valence-corrected chi connectivity index (χ3v) is 2.88. The Morgan fingerprint density at radius 3 is 2.86 bits per heavy atom. The molecule has 1 aromatic rings. The maximum absolute atomic E-state index is 13.1. The zero-order valence-electron chi connectivity index (χ0n) is 7.59. The van der Waals surface area contributed by atoms with Crippen LogP contribution in [0.1, 0.15) is 17.9 Å². The van der Waals surface area contributed by atoms with Crippen molar-refractivity contribution >= 4 is 24.0 Å². The topological polar surface area (TPSA) is 12.0 Å². The van der Waals surface area contributed by atoms with Gasteiger partial charge in [-0.05, 0) is 30.5 Å². The summed E-state index contributed by atoms with van der Waals surface area (Å²) in [5, 5.41) is 3.52. The minimum absolute atomic E-state index is 0. The molecule has 78 valence electrons. The van der Waals surface area contributed by atoms with Crippen LogP contribution in [-0.2, 0) is 0 Å². The van der Waals surface area contributed by atoms with Crippen molar-refractivity contribution in [3.05, 3.63) is 34.6 Å². The number of hydrogen-bond acceptors (Lipinski definition) is 1. The molecular formula is C10H12Cl2FN. The van der Waals surface area contributed by atoms with Crippen LogP contribution in [0.15, 0.2) is 18.2 Å². The Morgan fingerprint density at radius 1 is 1.43 bits per heavy atom. The molecule has 1 aliphatic heterocycles. The number of hydrogen-bond donors (Lipinski definition) is 1. The summed E-state index contributed by atoms with van der Waals surface area (Å²) in [6, 6.07) is 5.02. The van der Waals surface area contributed by atoms with E-state index in [1.165, 1.54) is 6.07 Å². The summed E-state index contributed by atoms with van der Waals surface area (Å²) < 4.78 is 13.1. The first-order chi connectivity index (χ1) is 6.29. The Kier molecular flexibility index (Phi) is 4.17. The fraction of sp³-hybridized carbons (Fsp3) is 0.400. The Balaban J connectivity index is 0.000000980. The standard InChI is InChI=1S/C10H11ClFN.ClH/c11-10-8(2-1-3-9(10)12)7-4-5-13-6-7;/h1-3,7,13H,4-6H2;1H. The molecule has 1 nitrogen and oxygen atoms in total. The molecule has 1 fully saturated rings. The van der Waals surface area contributed by atoms with Gasteiger partial charge in [0.15, 0.2) is 0 Å². The van der Waals surface area contributed by atoms with Crippen molar-refractivity contribution in [2.45, 2.75) is 12.3 Å². The van der Waals surface area contributed by atoms with Crippen LogP contribution in [0.2, 0.25) is 5.02 Å². The fourth-order valence-corrected chi connectivity index (χ4v) is 2.04. The Hall–Kier alpha value is -0.310. The average molecular weight is 236 g/mol. The molecule has 1 atom stereocenters. The molecule has 0 radical (unpaired) electrons. The predicted molar refractivity (Wildman–Crippen MR) is 58.9 cm³/mol. The first kappa shape index (κ1) is 11.8. The normalized spacial score (nSPS) is 20.6. The van der Waals surface area contributed by atoms with Gasteiger partial charge in [0.05, 0.1) is 5.02 Å². The molecule has 0 aliphatic carbocycles. The van der Waals surface area contributed by atoms with Gasteiger partial charge in [-0.2, -0.15) is 0 Å². The molecular weight excluding hydrogens is 224 g/mol. The second-order valence-electron chi connectivity index (χ2n) is 3.33. The van der Waals surface area contributed by atoms with Crippen molar-refractivity contribution in [3.8, 4) is 0 Å². The van der Waals surface area contributed by atoms with E-state index in [9.17, 15) is 4.39 Å². The van der Waals surface area contributed by atoms with Crippen LogP contribution in [0.3, 0.4) is 0 Å². The molecule has 0 amide bonds. The summed E-state index contributed by atoms with van der Waals surface area (Å²) in [6.45, 7) is 1.90. The lowest BCUT2D eigenvalue weighted by Gasteiger charge is -2.10. The average Bonchev–Trinajstić information content (AvgIpc) is 2.62. The number of benzene rings is 1. The molecule has 1 unspecified atom stereocenters. The smallest absolute Gasteiger partial charge is 0.142 e. The Labute approximate surface area is 94.1 Å². The largest absolute Gasteiger partial charge is 0.316 e. The van der Waals surface area contributed by atoms with E-state index in [0.29, 0.717) is 5.92 Å². The molecule has 2 rings (SSSR count). The van der Waals surface area contributed by atoms with Crippen LogP contribution >= 0.6 is 24.0 Å². The maximum atomic E-state index is 13.1. The van der Waals surface area contributed by atoms with Gasteiger partial charge in [0.25, 0.3) is 0 Å². The monoisotopic (exact) mass is 235 g/mol. The number of rotatable bonds is 1. The van der Waals surface area contributed by atoms with Crippen LogP contribution in [0.4, 0.5) is 4.39 Å². The van der Waals surface area contributed by atoms with Crippen LogP contribution in [-0.4, -0.2) is 13.1 Å². The Bertz CT molecular complexity index is 311. The molecule has 4 heteroatoms. The van der Waals surface area contributed by atoms with Gasteiger partial charge in [-0.3, -0.25) is 0 Å². The van der Waals surface area contributed by atoms with Gasteiger partial charge < -0.3 is 5.32 Å². The molecule has 1 aliphatic rings. The number of halogens is 3. The van der Waals surface area contributed by atoms with Gasteiger partial charge in [-0.25, -0.2) is 4.39 Å². The van der Waals surface area contributed by atoms with Gasteiger partial charge >= 0.3 is 0 Å². The highest BCUT2D eigenvalue weighted by atomic mass is 35.5. The van der Waals surface area contributed by atoms with Crippen LogP contribution in [0.5, 0.6) is 0 Å². The summed E-state index contributed by atoms with van der Waals surface area (Å²) in [6.07, 6.45) is 1.04. The summed E-state index contributed by atoms with van der Waals surface area (Å²) in [7, 11) is 0. The minimum Gasteiger partial charge on any atom is -0.316 e. The fourth-order valence-electron chi connectivity index (χ4n) is 1.76. The lowest BCUT2D eigenvalue weighted by Crippen LogP contribution is -2.08. The van der Waals surface area contributed by atoms with Crippen molar-refractivity contribution in [3.63, 3.8) is 0 Å². The van der Waals surface area contributed by atoms with Gasteiger partial charge in [0.2, 0.25) is 0 Å². The van der Waals surface area contributed by atoms with Crippen molar-refractivity contribution < 1.29 is 4.39 Å². The molecule has 0 saturated carbocycles. The van der Waals surface area contributed by atoms with Gasteiger partial charge in [-0.1, -0.05) is 23.7 Å². The van der Waals surface area contributed by atoms with Crippen LogP contribution < -0.4 is 5.32 Å². The SMILES string of the molecule is Cl.Fc1cccc(C2CCNC2)c1Cl. The summed E-state index contributed by atoms with van der Waals surface area (Å²) in [4.78, 5) is 0. The highest BCUT2D eigenvalue weighted by molar-refractivity contribution is 6.31. The first-order valence-corrected chi connectivity index (χ1v) is 4.81. The predicted octanol–water partition coefficient (Wildman–Crippen LogP) is 2.98. The number of nitrogens with one attached hydrogen (secondary N) is 1. The van der Waals surface area contributed by atoms with Crippen molar-refractivity contribution in [2.75, 3.05) is 13.1 Å². The lowest BCUT2D eigenvalue weighted by atomic mass is 9.98. The van der Waals surface area contributed by atoms with E-state index < -0.39 is 0 Å². The molecule has 1 N–H and O–H groups in total. The molecule has 0 bridgehead atoms. The third-order valence-electron chi connectivity index (χ3n) is 2.48. The van der Waals surface area contributed by atoms with Gasteiger partial charge in [0.1, 0.15) is 5.82 Å². The third kappa shape index (κ3) is 2.19. The Morgan fingerprint density at radius 2 is 2.21 bits per heavy atom. The van der Waals surface area contributed by atoms with Gasteiger partial charge in [0, 0.05) is 6.54 Å². The minimum atomic E-state index is -0.314. The highest BCUT2D eigenvalue weighted by Gasteiger charge is 2.20. The molecule has 0 aromatic heterocycles. The van der Waals surface area contributed by atoms with E-state index in [1.54, 1.807) is 6.07 Å². The second-order valence-corrected chi connectivity index (χ2v) is 3.71. The van der Waals surface area contributed by atoms with Gasteiger partial charge in [-0.15, -0.1) is 12.4 Å². The van der Waals surface area contributed by atoms with Crippen LogP contribution in [0.25, 0.3) is 0 Å². The van der Waals surface area contributed by atoms with Crippen molar-refractivity contribution in [1.29, 1.82) is 0 Å². The highest BCUT2D eigenvalue weighted by Crippen LogP contribution is 2.30. The summed E-state index contributed by atoms with van der Waals surface area (Å²) >= 11 is 5.87. The summed E-state index contributed by atoms with van der Waals surface area (Å²) in [5.41, 5.74) is 0.937. The first-order valence-electron chi connectivity index (χ1n) is 4.43. The molecule has 1 saturated heterocycles. The quantitative estimate of drug-likeness (QED) is 0.790. The molecule has 14 heavy (non-hydrogen) atoms. The van der Waals surface area contributed by atoms with E-state index in [2.05, 4.69) is 5.32 Å². The van der Waals surface area contributed by atoms with E-state index >= 15 is 0 Å². The zero-order valence-corrected chi connectivity index (χ0v) is 9.17. The maximum Gasteiger partial charge on any atom is 0.142 e. The lowest BCUT2D eigenvalue weighted by molar-refractivity contribution is 0.621. The summed E-state index contributed by atoms with van der Waals surface area (Å²) in [5.74, 6) is 0.0641. The van der Waals surface area contributed by atoms with E-state index in [4.69, 9.17) is 11.6 Å². The van der Waals surface area contributed by atoms with E-state index in [0.717, 1.165) is 25.1 Å². The van der Waals surface area contributed by atoms with E-state index in [1.807, 2.05) is 6.07 Å².